The molecule has 0 saturated carbocycles. The van der Waals surface area contributed by atoms with E-state index in [1.807, 2.05) is 12.4 Å². The molecule has 0 radical (unpaired) electrons. The van der Waals surface area contributed by atoms with Crippen LogP contribution in [0.1, 0.15) is 6.92 Å². The summed E-state index contributed by atoms with van der Waals surface area (Å²) in [5.74, 6) is 0.546. The van der Waals surface area contributed by atoms with E-state index in [4.69, 9.17) is 16.6 Å². The van der Waals surface area contributed by atoms with Crippen molar-refractivity contribution < 1.29 is 18.0 Å². The number of nitrogens with zero attached hydrogens (tertiary/aromatic N) is 5. The number of rotatable bonds is 6. The molecule has 182 valence electrons. The van der Waals surface area contributed by atoms with Crippen LogP contribution < -0.4 is 15.5 Å². The van der Waals surface area contributed by atoms with Gasteiger partial charge in [-0.1, -0.05) is 11.6 Å². The number of fused-ring (bicyclic) bond motifs is 1. The summed E-state index contributed by atoms with van der Waals surface area (Å²) in [4.78, 5) is 33.1. The molecule has 0 bridgehead atoms. The average Bonchev–Trinajstić information content (AvgIpc) is 3.20. The van der Waals surface area contributed by atoms with Crippen molar-refractivity contribution >= 4 is 40.2 Å². The molecule has 0 aliphatic carbocycles. The van der Waals surface area contributed by atoms with Crippen molar-refractivity contribution in [3.8, 4) is 11.4 Å². The number of amides is 1. The van der Waals surface area contributed by atoms with Crippen molar-refractivity contribution in [3.63, 3.8) is 0 Å². The molecule has 0 spiro atoms. The van der Waals surface area contributed by atoms with Gasteiger partial charge in [0.15, 0.2) is 5.82 Å². The zero-order valence-corrected chi connectivity index (χ0v) is 19.3. The van der Waals surface area contributed by atoms with Gasteiger partial charge in [0.25, 0.3) is 0 Å². The van der Waals surface area contributed by atoms with Gasteiger partial charge < -0.3 is 25.4 Å². The lowest BCUT2D eigenvalue weighted by Gasteiger charge is -2.33. The fourth-order valence-corrected chi connectivity index (χ4v) is 3.77. The number of pyridine rings is 1. The minimum Gasteiger partial charge on any atom is -0.358 e. The molecule has 1 saturated heterocycles. The lowest BCUT2D eigenvalue weighted by Crippen LogP contribution is -2.45. The number of aromatic amines is 1. The number of halogens is 4. The maximum absolute atomic E-state index is 12.5. The molecule has 3 N–H and O–H groups in total. The first-order chi connectivity index (χ1) is 16.1. The molecule has 1 aliphatic rings. The van der Waals surface area contributed by atoms with Gasteiger partial charge in [-0.05, 0) is 20.0 Å². The minimum atomic E-state index is -4.49. The van der Waals surface area contributed by atoms with Crippen LogP contribution in [0.4, 0.5) is 24.8 Å². The Labute approximate surface area is 198 Å². The van der Waals surface area contributed by atoms with Gasteiger partial charge in [-0.15, -0.1) is 0 Å². The predicted molar refractivity (Wildman–Crippen MR) is 124 cm³/mol. The van der Waals surface area contributed by atoms with Crippen molar-refractivity contribution in [2.45, 2.75) is 19.1 Å². The summed E-state index contributed by atoms with van der Waals surface area (Å²) in [6, 6.07) is 2.49. The van der Waals surface area contributed by atoms with Gasteiger partial charge in [0, 0.05) is 55.6 Å². The smallest absolute Gasteiger partial charge is 0.358 e. The Morgan fingerprint density at radius 1 is 1.24 bits per heavy atom. The summed E-state index contributed by atoms with van der Waals surface area (Å²) >= 11 is 6.13. The first kappa shape index (κ1) is 24.0. The highest BCUT2D eigenvalue weighted by Crippen LogP contribution is 2.30. The summed E-state index contributed by atoms with van der Waals surface area (Å²) in [5, 5.41) is 5.98. The monoisotopic (exact) mass is 496 g/mol. The molecule has 34 heavy (non-hydrogen) atoms. The second-order valence-corrected chi connectivity index (χ2v) is 8.61. The summed E-state index contributed by atoms with van der Waals surface area (Å²) in [5.41, 5.74) is 1.28. The Morgan fingerprint density at radius 2 is 1.97 bits per heavy atom. The quantitative estimate of drug-likeness (QED) is 0.482. The maximum Gasteiger partial charge on any atom is 0.405 e. The number of carbonyl (C=O) groups is 1. The molecular formula is C21H24ClF3N8O. The number of likely N-dealkylation sites (N-methyl/N-ethyl adjacent to an activating group) is 1. The molecule has 9 nitrogen and oxygen atoms in total. The number of aromatic nitrogens is 4. The van der Waals surface area contributed by atoms with Crippen LogP contribution in [-0.4, -0.2) is 82.7 Å². The fraction of sp³-hybridized carbons (Fsp3) is 0.429. The number of hydrogen-bond acceptors (Lipinski definition) is 7. The first-order valence-electron chi connectivity index (χ1n) is 10.7. The van der Waals surface area contributed by atoms with E-state index in [0.29, 0.717) is 33.7 Å². The Kier molecular flexibility index (Phi) is 6.80. The number of hydrogen-bond donors (Lipinski definition) is 3. The lowest BCUT2D eigenvalue weighted by molar-refractivity contribution is -0.138. The molecule has 3 aromatic heterocycles. The predicted octanol–water partition coefficient (Wildman–Crippen LogP) is 2.90. The third-order valence-corrected chi connectivity index (χ3v) is 5.71. The number of piperazine rings is 1. The number of carbonyl (C=O) groups excluding carboxylic acids is 1. The van der Waals surface area contributed by atoms with Gasteiger partial charge >= 0.3 is 6.18 Å². The van der Waals surface area contributed by atoms with Crippen LogP contribution in [0, 0.1) is 0 Å². The van der Waals surface area contributed by atoms with Crippen LogP contribution in [-0.2, 0) is 4.79 Å². The van der Waals surface area contributed by atoms with Crippen molar-refractivity contribution in [2.24, 2.45) is 0 Å². The van der Waals surface area contributed by atoms with Crippen molar-refractivity contribution in [1.29, 1.82) is 0 Å². The number of H-pyrrole nitrogens is 1. The highest BCUT2D eigenvalue weighted by atomic mass is 35.5. The highest BCUT2D eigenvalue weighted by molar-refractivity contribution is 6.31. The number of alkyl halides is 3. The second-order valence-electron chi connectivity index (χ2n) is 8.18. The zero-order chi connectivity index (χ0) is 24.5. The maximum atomic E-state index is 12.5. The second kappa shape index (κ2) is 9.63. The molecule has 1 amide bonds. The Morgan fingerprint density at radius 3 is 2.68 bits per heavy atom. The van der Waals surface area contributed by atoms with E-state index in [1.54, 1.807) is 18.3 Å². The van der Waals surface area contributed by atoms with Gasteiger partial charge in [0.05, 0.1) is 5.02 Å². The SMILES string of the molecule is C[C@H](Nc1cc(N2CCN(C)CC2)nc(-c2c[nH]c3ncc(Cl)cc23)n1)C(=O)NCC(F)(F)F. The van der Waals surface area contributed by atoms with Crippen molar-refractivity contribution in [2.75, 3.05) is 50.0 Å². The van der Waals surface area contributed by atoms with Crippen LogP contribution in [0.2, 0.25) is 5.02 Å². The standard InChI is InChI=1S/C21H24ClF3N8O/c1-12(20(34)28-11-21(23,24)25)29-16-8-17(33-5-3-32(2)4-6-33)31-19(30-16)15-10-27-18-14(15)7-13(22)9-26-18/h7-10,12H,3-6,11H2,1-2H3,(H,26,27)(H,28,34)(H,29,30,31)/t12-/m0/s1. The van der Waals surface area contributed by atoms with E-state index in [0.717, 1.165) is 31.6 Å². The molecule has 1 aliphatic heterocycles. The Balaban J connectivity index is 1.66. The third kappa shape index (κ3) is 5.68. The third-order valence-electron chi connectivity index (χ3n) is 5.50. The van der Waals surface area contributed by atoms with Crippen LogP contribution in [0.5, 0.6) is 0 Å². The Bertz CT molecular complexity index is 1180. The van der Waals surface area contributed by atoms with Crippen LogP contribution >= 0.6 is 11.6 Å². The molecule has 0 unspecified atom stereocenters. The van der Waals surface area contributed by atoms with E-state index in [2.05, 4.69) is 30.1 Å². The van der Waals surface area contributed by atoms with Crippen LogP contribution in [0.15, 0.2) is 24.5 Å². The van der Waals surface area contributed by atoms with Crippen LogP contribution in [0.25, 0.3) is 22.4 Å². The molecule has 13 heteroatoms. The summed E-state index contributed by atoms with van der Waals surface area (Å²) < 4.78 is 37.4. The van der Waals surface area contributed by atoms with E-state index in [-0.39, 0.29) is 0 Å². The fourth-order valence-electron chi connectivity index (χ4n) is 3.62. The molecule has 4 heterocycles. The summed E-state index contributed by atoms with van der Waals surface area (Å²) in [7, 11) is 2.04. The molecule has 1 atom stereocenters. The molecule has 0 aromatic carbocycles. The molecule has 3 aromatic rings. The van der Waals surface area contributed by atoms with E-state index in [1.165, 1.54) is 13.1 Å². The number of nitrogens with one attached hydrogen (secondary N) is 3. The summed E-state index contributed by atoms with van der Waals surface area (Å²) in [6.45, 7) is 3.27. The summed E-state index contributed by atoms with van der Waals surface area (Å²) in [6.07, 6.45) is -1.24. The Hall–Kier alpha value is -3.12. The zero-order valence-electron chi connectivity index (χ0n) is 18.6. The first-order valence-corrected chi connectivity index (χ1v) is 11.0. The van der Waals surface area contributed by atoms with E-state index in [9.17, 15) is 18.0 Å². The van der Waals surface area contributed by atoms with Gasteiger partial charge in [0.1, 0.15) is 29.9 Å². The van der Waals surface area contributed by atoms with Gasteiger partial charge in [-0.3, -0.25) is 4.79 Å². The normalized spacial score (nSPS) is 16.0. The largest absolute Gasteiger partial charge is 0.405 e. The number of anilines is 2. The van der Waals surface area contributed by atoms with Gasteiger partial charge in [0.2, 0.25) is 5.91 Å². The molecular weight excluding hydrogens is 473 g/mol. The average molecular weight is 497 g/mol. The minimum absolute atomic E-state index is 0.318. The van der Waals surface area contributed by atoms with Crippen molar-refractivity contribution in [1.82, 2.24) is 30.2 Å². The van der Waals surface area contributed by atoms with E-state index >= 15 is 0 Å². The van der Waals surface area contributed by atoms with Gasteiger partial charge in [-0.2, -0.15) is 13.2 Å². The van der Waals surface area contributed by atoms with Crippen molar-refractivity contribution in [3.05, 3.63) is 29.5 Å². The van der Waals surface area contributed by atoms with E-state index < -0.39 is 24.7 Å². The van der Waals surface area contributed by atoms with Crippen LogP contribution in [0.3, 0.4) is 0 Å². The molecule has 4 rings (SSSR count). The molecule has 1 fully saturated rings. The highest BCUT2D eigenvalue weighted by Gasteiger charge is 2.29. The lowest BCUT2D eigenvalue weighted by atomic mass is 10.2. The topological polar surface area (TPSA) is 102 Å². The van der Waals surface area contributed by atoms with Gasteiger partial charge in [-0.25, -0.2) is 15.0 Å².